The molecule has 0 heterocycles. The molecule has 0 saturated carbocycles. The molecule has 0 unspecified atom stereocenters. The largest absolute Gasteiger partial charge is 0.286 e. The third-order valence-electron chi connectivity index (χ3n) is 0.211. The van der Waals surface area contributed by atoms with E-state index in [4.69, 9.17) is 0 Å². The molecule has 0 amide bonds. The van der Waals surface area contributed by atoms with E-state index in [-0.39, 0.29) is 5.12 Å². The van der Waals surface area contributed by atoms with Crippen LogP contribution in [0, 0.1) is 0 Å². The Morgan fingerprint density at radius 1 is 1.86 bits per heavy atom. The molecule has 4 heteroatoms. The summed E-state index contributed by atoms with van der Waals surface area (Å²) in [6, 6.07) is 0. The second-order valence-corrected chi connectivity index (χ2v) is 1.71. The molecule has 0 aromatic rings. The van der Waals surface area contributed by atoms with Crippen molar-refractivity contribution >= 4 is 23.1 Å². The fourth-order valence-corrected chi connectivity index (χ4v) is 0.249. The smallest absolute Gasteiger partial charge is 0.247 e. The highest BCUT2D eigenvalue weighted by Gasteiger charge is 1.85. The van der Waals surface area contributed by atoms with Crippen LogP contribution in [0.1, 0.15) is 6.92 Å². The second kappa shape index (κ2) is 3.59. The minimum absolute atomic E-state index is 0.205. The van der Waals surface area contributed by atoms with Gasteiger partial charge in [-0.05, 0) is 0 Å². The maximum absolute atomic E-state index is 9.89. The molecule has 0 aliphatic carbocycles. The number of carbonyl (C=O) groups is 1. The Hall–Kier alpha value is -0.600. The summed E-state index contributed by atoms with van der Waals surface area (Å²) in [5, 5.41) is -0.205. The summed E-state index contributed by atoms with van der Waals surface area (Å²) < 4.78 is 2.93. The van der Waals surface area contributed by atoms with Crippen molar-refractivity contribution in [3.63, 3.8) is 0 Å². The van der Waals surface area contributed by atoms with E-state index >= 15 is 0 Å². The van der Waals surface area contributed by atoms with Crippen LogP contribution >= 0.6 is 11.9 Å². The summed E-state index contributed by atoms with van der Waals surface area (Å²) in [6.07, 6.45) is 1.22. The Balaban J connectivity index is 3.32. The first-order valence-corrected chi connectivity index (χ1v) is 2.29. The van der Waals surface area contributed by atoms with Crippen molar-refractivity contribution in [2.24, 2.45) is 4.40 Å². The second-order valence-electron chi connectivity index (χ2n) is 0.765. The molecule has 0 saturated heterocycles. The van der Waals surface area contributed by atoms with Crippen LogP contribution in [0.4, 0.5) is 0 Å². The molecule has 0 atom stereocenters. The van der Waals surface area contributed by atoms with Gasteiger partial charge in [0, 0.05) is 6.92 Å². The van der Waals surface area contributed by atoms with Gasteiger partial charge >= 0.3 is 0 Å². The lowest BCUT2D eigenvalue weighted by atomic mass is 10.9. The van der Waals surface area contributed by atoms with Gasteiger partial charge in [-0.2, -0.15) is 0 Å². The van der Waals surface area contributed by atoms with Gasteiger partial charge in [-0.25, -0.2) is 4.79 Å². The summed E-state index contributed by atoms with van der Waals surface area (Å²) in [5.74, 6) is 0. The van der Waals surface area contributed by atoms with E-state index in [1.165, 1.54) is 13.0 Å². The van der Waals surface area contributed by atoms with Crippen LogP contribution in [-0.4, -0.2) is 11.2 Å². The number of hydrogen-bond donors (Lipinski definition) is 0. The van der Waals surface area contributed by atoms with Crippen LogP contribution in [0.25, 0.3) is 0 Å². The molecule has 0 aliphatic heterocycles. The predicted molar refractivity (Wildman–Crippen MR) is 26.4 cm³/mol. The van der Waals surface area contributed by atoms with Crippen molar-refractivity contribution in [3.8, 4) is 0 Å². The lowest BCUT2D eigenvalue weighted by Crippen LogP contribution is -1.72. The number of nitrogens with zero attached hydrogens (tertiary/aromatic N) is 1. The number of carbonyl (C=O) groups excluding carboxylic acids is 2. The molecular formula is C3H3NO2S. The molecule has 0 aromatic carbocycles. The highest BCUT2D eigenvalue weighted by atomic mass is 32.2. The molecule has 7 heavy (non-hydrogen) atoms. The molecule has 0 N–H and O–H groups in total. The maximum atomic E-state index is 9.89. The molecule has 0 aromatic heterocycles. The average Bonchev–Trinajstić information content (AvgIpc) is 1.61. The zero-order valence-corrected chi connectivity index (χ0v) is 4.49. The summed E-state index contributed by atoms with van der Waals surface area (Å²) >= 11 is 0.594. The first kappa shape index (κ1) is 6.40. The molecule has 0 fully saturated rings. The van der Waals surface area contributed by atoms with E-state index in [2.05, 4.69) is 4.40 Å². The Labute approximate surface area is 44.9 Å². The van der Waals surface area contributed by atoms with Gasteiger partial charge in [-0.3, -0.25) is 4.79 Å². The molecule has 0 bridgehead atoms. The third kappa shape index (κ3) is 5.40. The zero-order chi connectivity index (χ0) is 5.70. The summed E-state index contributed by atoms with van der Waals surface area (Å²) in [6.45, 7) is 1.32. The monoisotopic (exact) mass is 117 g/mol. The molecule has 0 radical (unpaired) electrons. The standard InChI is InChI=1S/C3H3NO2S/c1-3(6)7-4-2-5/h1H3. The topological polar surface area (TPSA) is 46.5 Å². The maximum Gasteiger partial charge on any atom is 0.247 e. The van der Waals surface area contributed by atoms with E-state index in [0.717, 1.165) is 0 Å². The Bertz CT molecular complexity index is 116. The van der Waals surface area contributed by atoms with Crippen LogP contribution in [0.2, 0.25) is 0 Å². The van der Waals surface area contributed by atoms with Gasteiger partial charge in [0.05, 0.1) is 11.9 Å². The van der Waals surface area contributed by atoms with Crippen molar-refractivity contribution < 1.29 is 9.59 Å². The van der Waals surface area contributed by atoms with Crippen molar-refractivity contribution in [1.82, 2.24) is 0 Å². The van der Waals surface area contributed by atoms with E-state index < -0.39 is 0 Å². The predicted octanol–water partition coefficient (Wildman–Crippen LogP) is 0.517. The van der Waals surface area contributed by atoms with Gasteiger partial charge in [0.15, 0.2) is 0 Å². The van der Waals surface area contributed by atoms with Crippen LogP contribution in [0.5, 0.6) is 0 Å². The van der Waals surface area contributed by atoms with Crippen molar-refractivity contribution in [3.05, 3.63) is 0 Å². The Morgan fingerprint density at radius 3 is 2.57 bits per heavy atom. The summed E-state index contributed by atoms with van der Waals surface area (Å²) in [7, 11) is 0. The van der Waals surface area contributed by atoms with Gasteiger partial charge in [0.2, 0.25) is 11.2 Å². The average molecular weight is 117 g/mol. The number of isocyanates is 1. The first-order valence-electron chi connectivity index (χ1n) is 1.52. The molecule has 0 spiro atoms. The lowest BCUT2D eigenvalue weighted by Gasteiger charge is -1.72. The Morgan fingerprint density at radius 2 is 2.43 bits per heavy atom. The van der Waals surface area contributed by atoms with Gasteiger partial charge < -0.3 is 0 Å². The number of rotatable bonds is 1. The summed E-state index contributed by atoms with van der Waals surface area (Å²) in [5.41, 5.74) is 0. The summed E-state index contributed by atoms with van der Waals surface area (Å²) in [4.78, 5) is 19.1. The van der Waals surface area contributed by atoms with Crippen LogP contribution in [0.3, 0.4) is 0 Å². The highest BCUT2D eigenvalue weighted by Crippen LogP contribution is 1.98. The van der Waals surface area contributed by atoms with Crippen molar-refractivity contribution in [1.29, 1.82) is 0 Å². The molecule has 0 aliphatic rings. The minimum Gasteiger partial charge on any atom is -0.286 e. The Kier molecular flexibility index (Phi) is 3.28. The van der Waals surface area contributed by atoms with E-state index in [1.54, 1.807) is 0 Å². The quantitative estimate of drug-likeness (QED) is 0.285. The van der Waals surface area contributed by atoms with E-state index in [1.807, 2.05) is 0 Å². The zero-order valence-electron chi connectivity index (χ0n) is 3.67. The normalized spacial score (nSPS) is 7.00. The highest BCUT2D eigenvalue weighted by molar-refractivity contribution is 8.12. The van der Waals surface area contributed by atoms with Gasteiger partial charge in [0.25, 0.3) is 0 Å². The van der Waals surface area contributed by atoms with Crippen molar-refractivity contribution in [2.75, 3.05) is 0 Å². The fraction of sp³-hybridized carbons (Fsp3) is 0.333. The number of hydrogen-bond acceptors (Lipinski definition) is 4. The molecule has 0 rings (SSSR count). The van der Waals surface area contributed by atoms with E-state index in [0.29, 0.717) is 11.9 Å². The molecular weight excluding hydrogens is 114 g/mol. The van der Waals surface area contributed by atoms with Gasteiger partial charge in [-0.1, -0.05) is 0 Å². The third-order valence-corrected chi connectivity index (χ3v) is 0.634. The molecule has 3 nitrogen and oxygen atoms in total. The van der Waals surface area contributed by atoms with E-state index in [9.17, 15) is 9.59 Å². The van der Waals surface area contributed by atoms with Gasteiger partial charge in [0.1, 0.15) is 0 Å². The minimum atomic E-state index is -0.205. The van der Waals surface area contributed by atoms with Crippen LogP contribution < -0.4 is 0 Å². The lowest BCUT2D eigenvalue weighted by molar-refractivity contribution is -0.109. The first-order chi connectivity index (χ1) is 3.27. The fourth-order valence-electron chi connectivity index (χ4n) is 0.0829. The molecule has 38 valence electrons. The van der Waals surface area contributed by atoms with Crippen LogP contribution in [0.15, 0.2) is 4.40 Å². The van der Waals surface area contributed by atoms with Crippen LogP contribution in [-0.2, 0) is 9.59 Å². The van der Waals surface area contributed by atoms with Gasteiger partial charge in [-0.15, -0.1) is 4.40 Å². The SMILES string of the molecule is CC(=O)SN=C=O. The van der Waals surface area contributed by atoms with Crippen molar-refractivity contribution in [2.45, 2.75) is 6.92 Å².